The largest absolute Gasteiger partial charge is 0.378 e. The summed E-state index contributed by atoms with van der Waals surface area (Å²) in [5, 5.41) is 0. The highest BCUT2D eigenvalue weighted by Gasteiger charge is 2.26. The van der Waals surface area contributed by atoms with Crippen LogP contribution in [0.4, 0.5) is 5.69 Å². The number of rotatable bonds is 6. The molecule has 3 heteroatoms. The van der Waals surface area contributed by atoms with Gasteiger partial charge in [0.2, 0.25) is 0 Å². The molecule has 1 aliphatic carbocycles. The van der Waals surface area contributed by atoms with E-state index in [9.17, 15) is 4.21 Å². The number of aryl methyl sites for hydroxylation is 1. The van der Waals surface area contributed by atoms with E-state index in [1.54, 1.807) is 0 Å². The fraction of sp³-hybridized carbons (Fsp3) is 0.714. The van der Waals surface area contributed by atoms with Crippen molar-refractivity contribution in [1.82, 2.24) is 0 Å². The van der Waals surface area contributed by atoms with Gasteiger partial charge in [-0.25, -0.2) is 0 Å². The highest BCUT2D eigenvalue weighted by Crippen LogP contribution is 2.33. The summed E-state index contributed by atoms with van der Waals surface area (Å²) in [6.07, 6.45) is 7.68. The average Bonchev–Trinajstić information content (AvgIpc) is 2.53. The van der Waals surface area contributed by atoms with Crippen molar-refractivity contribution < 1.29 is 4.21 Å². The van der Waals surface area contributed by atoms with Crippen LogP contribution in [0.3, 0.4) is 0 Å². The summed E-state index contributed by atoms with van der Waals surface area (Å²) in [7, 11) is 3.48. The lowest BCUT2D eigenvalue weighted by Crippen LogP contribution is -2.29. The molecule has 0 aliphatic heterocycles. The van der Waals surface area contributed by atoms with Gasteiger partial charge in [-0.2, -0.15) is 0 Å². The minimum atomic E-state index is -0.690. The molecular weight excluding hydrogens is 314 g/mol. The number of nitrogens with zero attached hydrogens (tertiary/aromatic N) is 1. The van der Waals surface area contributed by atoms with E-state index in [-0.39, 0.29) is 4.75 Å². The molecular formula is C21H35NOS. The summed E-state index contributed by atoms with van der Waals surface area (Å²) >= 11 is 0. The molecule has 2 rings (SSSR count). The Bertz CT molecular complexity index is 522. The second-order valence-electron chi connectivity index (χ2n) is 8.61. The predicted molar refractivity (Wildman–Crippen MR) is 107 cm³/mol. The maximum atomic E-state index is 12.3. The zero-order chi connectivity index (χ0) is 17.7. The number of hydrogen-bond acceptors (Lipinski definition) is 2. The monoisotopic (exact) mass is 349 g/mol. The first kappa shape index (κ1) is 19.5. The Morgan fingerprint density at radius 1 is 1.00 bits per heavy atom. The van der Waals surface area contributed by atoms with Crippen LogP contribution in [0, 0.1) is 11.8 Å². The molecule has 0 heterocycles. The van der Waals surface area contributed by atoms with Gasteiger partial charge in [0.1, 0.15) is 0 Å². The topological polar surface area (TPSA) is 20.3 Å². The van der Waals surface area contributed by atoms with Crippen molar-refractivity contribution in [3.8, 4) is 0 Å². The summed E-state index contributed by atoms with van der Waals surface area (Å²) < 4.78 is 12.2. The first-order valence-corrected chi connectivity index (χ1v) is 10.7. The molecule has 1 aromatic carbocycles. The minimum Gasteiger partial charge on any atom is -0.378 e. The molecule has 0 spiro atoms. The van der Waals surface area contributed by atoms with Crippen LogP contribution in [0.15, 0.2) is 24.3 Å². The van der Waals surface area contributed by atoms with Crippen molar-refractivity contribution in [2.45, 2.75) is 64.0 Å². The third-order valence-electron chi connectivity index (χ3n) is 5.33. The van der Waals surface area contributed by atoms with Gasteiger partial charge in [-0.1, -0.05) is 25.0 Å². The van der Waals surface area contributed by atoms with Gasteiger partial charge in [-0.15, -0.1) is 0 Å². The van der Waals surface area contributed by atoms with E-state index < -0.39 is 10.8 Å². The third kappa shape index (κ3) is 5.91. The highest BCUT2D eigenvalue weighted by molar-refractivity contribution is 7.86. The molecule has 0 radical (unpaired) electrons. The molecule has 1 aliphatic rings. The summed E-state index contributed by atoms with van der Waals surface area (Å²) in [5.74, 6) is 2.45. The van der Waals surface area contributed by atoms with Crippen LogP contribution in [0.5, 0.6) is 0 Å². The van der Waals surface area contributed by atoms with Crippen LogP contribution in [0.2, 0.25) is 0 Å². The Morgan fingerprint density at radius 2 is 1.54 bits per heavy atom. The molecule has 2 nitrogen and oxygen atoms in total. The van der Waals surface area contributed by atoms with Crippen molar-refractivity contribution in [2.24, 2.45) is 11.8 Å². The van der Waals surface area contributed by atoms with Gasteiger partial charge in [0, 0.05) is 41.1 Å². The lowest BCUT2D eigenvalue weighted by molar-refractivity contribution is 0.279. The molecule has 0 bridgehead atoms. The summed E-state index contributed by atoms with van der Waals surface area (Å²) in [4.78, 5) is 2.15. The van der Waals surface area contributed by atoms with Crippen molar-refractivity contribution in [2.75, 3.05) is 24.7 Å². The fourth-order valence-electron chi connectivity index (χ4n) is 3.48. The quantitative estimate of drug-likeness (QED) is 0.717. The van der Waals surface area contributed by atoms with Crippen LogP contribution in [0.25, 0.3) is 0 Å². The first-order chi connectivity index (χ1) is 11.3. The van der Waals surface area contributed by atoms with E-state index in [0.29, 0.717) is 5.92 Å². The van der Waals surface area contributed by atoms with E-state index in [4.69, 9.17) is 0 Å². The van der Waals surface area contributed by atoms with Gasteiger partial charge >= 0.3 is 0 Å². The van der Waals surface area contributed by atoms with Gasteiger partial charge in [0.05, 0.1) is 0 Å². The molecule has 1 saturated carbocycles. The molecule has 24 heavy (non-hydrogen) atoms. The van der Waals surface area contributed by atoms with Crippen molar-refractivity contribution in [1.29, 1.82) is 0 Å². The van der Waals surface area contributed by atoms with Gasteiger partial charge in [-0.05, 0) is 76.0 Å². The van der Waals surface area contributed by atoms with E-state index in [1.807, 2.05) is 0 Å². The predicted octanol–water partition coefficient (Wildman–Crippen LogP) is 5.04. The molecule has 0 N–H and O–H groups in total. The molecule has 1 fully saturated rings. The lowest BCUT2D eigenvalue weighted by Gasteiger charge is -2.30. The second-order valence-corrected chi connectivity index (χ2v) is 10.9. The fourth-order valence-corrected chi connectivity index (χ4v) is 4.74. The normalized spacial score (nSPS) is 23.0. The maximum absolute atomic E-state index is 12.3. The highest BCUT2D eigenvalue weighted by atomic mass is 32.2. The van der Waals surface area contributed by atoms with Crippen LogP contribution in [0.1, 0.15) is 58.4 Å². The number of benzene rings is 1. The molecule has 1 atom stereocenters. The SMILES string of the molecule is CN(C)c1ccc(CCC2CCC(CS(=O)C(C)(C)C)CC2)cc1. The molecule has 0 saturated heterocycles. The summed E-state index contributed by atoms with van der Waals surface area (Å²) in [6.45, 7) is 6.28. The van der Waals surface area contributed by atoms with E-state index in [0.717, 1.165) is 11.7 Å². The Labute approximate surface area is 151 Å². The standard InChI is InChI=1S/C21H35NOS/c1-21(2,3)24(23)16-19-10-8-17(9-11-19)6-7-18-12-14-20(15-13-18)22(4)5/h12-15,17,19H,6-11,16H2,1-5H3. The lowest BCUT2D eigenvalue weighted by atomic mass is 9.80. The Kier molecular flexibility index (Phi) is 6.91. The Hall–Kier alpha value is -0.830. The smallest absolute Gasteiger partial charge is 0.0375 e. The molecule has 1 unspecified atom stereocenters. The van der Waals surface area contributed by atoms with Crippen LogP contribution in [-0.4, -0.2) is 28.8 Å². The van der Waals surface area contributed by atoms with Crippen molar-refractivity contribution >= 4 is 16.5 Å². The molecule has 136 valence electrons. The zero-order valence-electron chi connectivity index (χ0n) is 16.2. The van der Waals surface area contributed by atoms with Gasteiger partial charge in [-0.3, -0.25) is 4.21 Å². The van der Waals surface area contributed by atoms with E-state index in [1.165, 1.54) is 49.8 Å². The minimum absolute atomic E-state index is 0.0600. The van der Waals surface area contributed by atoms with Gasteiger partial charge in [0.15, 0.2) is 0 Å². The Balaban J connectivity index is 1.72. The maximum Gasteiger partial charge on any atom is 0.0375 e. The average molecular weight is 350 g/mol. The van der Waals surface area contributed by atoms with Gasteiger partial charge < -0.3 is 4.90 Å². The van der Waals surface area contributed by atoms with Crippen LogP contribution >= 0.6 is 0 Å². The molecule has 0 amide bonds. The van der Waals surface area contributed by atoms with E-state index in [2.05, 4.69) is 64.0 Å². The van der Waals surface area contributed by atoms with E-state index >= 15 is 0 Å². The first-order valence-electron chi connectivity index (χ1n) is 9.40. The third-order valence-corrected chi connectivity index (χ3v) is 7.47. The van der Waals surface area contributed by atoms with Crippen LogP contribution in [-0.2, 0) is 17.2 Å². The molecule has 0 aromatic heterocycles. The van der Waals surface area contributed by atoms with Crippen LogP contribution < -0.4 is 4.90 Å². The second kappa shape index (κ2) is 8.51. The number of hydrogen-bond donors (Lipinski definition) is 0. The summed E-state index contributed by atoms with van der Waals surface area (Å²) in [5.41, 5.74) is 2.72. The number of anilines is 1. The zero-order valence-corrected chi connectivity index (χ0v) is 17.0. The summed E-state index contributed by atoms with van der Waals surface area (Å²) in [6, 6.07) is 8.98. The van der Waals surface area contributed by atoms with Crippen molar-refractivity contribution in [3.63, 3.8) is 0 Å². The van der Waals surface area contributed by atoms with Crippen molar-refractivity contribution in [3.05, 3.63) is 29.8 Å². The molecule has 1 aromatic rings. The van der Waals surface area contributed by atoms with Gasteiger partial charge in [0.25, 0.3) is 0 Å². The Morgan fingerprint density at radius 3 is 2.04 bits per heavy atom.